The molecule has 0 saturated carbocycles. The predicted molar refractivity (Wildman–Crippen MR) is 65.1 cm³/mol. The fourth-order valence-corrected chi connectivity index (χ4v) is 2.63. The highest BCUT2D eigenvalue weighted by Gasteiger charge is 2.30. The maximum absolute atomic E-state index is 5.32. The van der Waals surface area contributed by atoms with Crippen LogP contribution in [0.4, 0.5) is 0 Å². The molecule has 0 aromatic rings. The molecule has 0 radical (unpaired) electrons. The van der Waals surface area contributed by atoms with Gasteiger partial charge in [-0.1, -0.05) is 13.8 Å². The first-order chi connectivity index (χ1) is 7.06. The van der Waals surface area contributed by atoms with Crippen molar-refractivity contribution in [2.24, 2.45) is 11.8 Å². The summed E-state index contributed by atoms with van der Waals surface area (Å²) < 4.78 is 5.32. The van der Waals surface area contributed by atoms with Gasteiger partial charge in [-0.05, 0) is 38.5 Å². The van der Waals surface area contributed by atoms with Gasteiger partial charge in [0.1, 0.15) is 0 Å². The van der Waals surface area contributed by atoms with E-state index in [1.807, 2.05) is 7.11 Å². The van der Waals surface area contributed by atoms with E-state index in [4.69, 9.17) is 4.74 Å². The highest BCUT2D eigenvalue weighted by molar-refractivity contribution is 4.84. The van der Waals surface area contributed by atoms with Crippen LogP contribution in [0.2, 0.25) is 0 Å². The molecule has 1 aliphatic heterocycles. The average Bonchev–Trinajstić information content (AvgIpc) is 2.18. The Morgan fingerprint density at radius 1 is 1.20 bits per heavy atom. The summed E-state index contributed by atoms with van der Waals surface area (Å²) in [7, 11) is 1.81. The Hall–Kier alpha value is -0.0800. The van der Waals surface area contributed by atoms with E-state index in [1.165, 1.54) is 19.4 Å². The highest BCUT2D eigenvalue weighted by atomic mass is 16.5. The smallest absolute Gasteiger partial charge is 0.0618 e. The SMILES string of the molecule is COCC1CC[C@H](C(C)C)CN1C(C)C. The lowest BCUT2D eigenvalue weighted by atomic mass is 9.84. The number of ether oxygens (including phenoxy) is 1. The highest BCUT2D eigenvalue weighted by Crippen LogP contribution is 2.28. The zero-order chi connectivity index (χ0) is 11.4. The Morgan fingerprint density at radius 3 is 2.33 bits per heavy atom. The Morgan fingerprint density at radius 2 is 1.87 bits per heavy atom. The zero-order valence-corrected chi connectivity index (χ0v) is 11.0. The van der Waals surface area contributed by atoms with Crippen LogP contribution in [0.5, 0.6) is 0 Å². The molecule has 1 heterocycles. The molecule has 0 spiro atoms. The maximum Gasteiger partial charge on any atom is 0.0618 e. The second kappa shape index (κ2) is 5.86. The predicted octanol–water partition coefficient (Wildman–Crippen LogP) is 2.78. The molecule has 0 aliphatic carbocycles. The van der Waals surface area contributed by atoms with Crippen LogP contribution in [-0.4, -0.2) is 37.2 Å². The molecular formula is C13H27NO. The van der Waals surface area contributed by atoms with Gasteiger partial charge in [0.05, 0.1) is 6.61 Å². The van der Waals surface area contributed by atoms with Crippen molar-refractivity contribution in [2.45, 2.75) is 52.6 Å². The standard InChI is InChI=1S/C13H27NO/c1-10(2)12-6-7-13(9-15-5)14(8-12)11(3)4/h10-13H,6-9H2,1-5H3/t12-,13?/m0/s1. The second-order valence-electron chi connectivity index (χ2n) is 5.48. The van der Waals surface area contributed by atoms with Crippen molar-refractivity contribution in [2.75, 3.05) is 20.3 Å². The third kappa shape index (κ3) is 3.46. The van der Waals surface area contributed by atoms with Gasteiger partial charge in [-0.25, -0.2) is 0 Å². The fourth-order valence-electron chi connectivity index (χ4n) is 2.63. The molecule has 90 valence electrons. The Kier molecular flexibility index (Phi) is 5.07. The molecule has 1 rings (SSSR count). The quantitative estimate of drug-likeness (QED) is 0.712. The van der Waals surface area contributed by atoms with Crippen molar-refractivity contribution in [1.82, 2.24) is 4.90 Å². The molecule has 1 aliphatic rings. The minimum absolute atomic E-state index is 0.644. The van der Waals surface area contributed by atoms with Gasteiger partial charge in [-0.3, -0.25) is 4.90 Å². The zero-order valence-electron chi connectivity index (χ0n) is 11.0. The summed E-state index contributed by atoms with van der Waals surface area (Å²) >= 11 is 0. The van der Waals surface area contributed by atoms with Crippen LogP contribution in [0.3, 0.4) is 0 Å². The van der Waals surface area contributed by atoms with E-state index in [9.17, 15) is 0 Å². The molecule has 0 aromatic heterocycles. The van der Waals surface area contributed by atoms with Gasteiger partial charge in [0, 0.05) is 25.7 Å². The fraction of sp³-hybridized carbons (Fsp3) is 1.00. The summed E-state index contributed by atoms with van der Waals surface area (Å²) in [5.74, 6) is 1.69. The summed E-state index contributed by atoms with van der Waals surface area (Å²) in [6.45, 7) is 11.4. The number of nitrogens with zero attached hydrogens (tertiary/aromatic N) is 1. The molecule has 15 heavy (non-hydrogen) atoms. The summed E-state index contributed by atoms with van der Waals surface area (Å²) in [4.78, 5) is 2.62. The van der Waals surface area contributed by atoms with E-state index in [0.717, 1.165) is 18.4 Å². The topological polar surface area (TPSA) is 12.5 Å². The van der Waals surface area contributed by atoms with Crippen LogP contribution >= 0.6 is 0 Å². The lowest BCUT2D eigenvalue weighted by Gasteiger charge is -2.43. The Balaban J connectivity index is 2.56. The van der Waals surface area contributed by atoms with Crippen molar-refractivity contribution in [1.29, 1.82) is 0 Å². The van der Waals surface area contributed by atoms with Crippen LogP contribution in [0.15, 0.2) is 0 Å². The third-order valence-corrected chi connectivity index (χ3v) is 3.75. The van der Waals surface area contributed by atoms with Gasteiger partial charge in [-0.15, -0.1) is 0 Å². The average molecular weight is 213 g/mol. The number of hydrogen-bond acceptors (Lipinski definition) is 2. The second-order valence-corrected chi connectivity index (χ2v) is 5.48. The molecule has 0 aromatic carbocycles. The van der Waals surface area contributed by atoms with Gasteiger partial charge in [-0.2, -0.15) is 0 Å². The molecule has 2 atom stereocenters. The van der Waals surface area contributed by atoms with Gasteiger partial charge >= 0.3 is 0 Å². The first kappa shape index (κ1) is 13.0. The van der Waals surface area contributed by atoms with Crippen LogP contribution in [0, 0.1) is 11.8 Å². The van der Waals surface area contributed by atoms with E-state index in [2.05, 4.69) is 32.6 Å². The monoisotopic (exact) mass is 213 g/mol. The molecule has 2 nitrogen and oxygen atoms in total. The van der Waals surface area contributed by atoms with E-state index in [1.54, 1.807) is 0 Å². The summed E-state index contributed by atoms with van der Waals surface area (Å²) in [6, 6.07) is 1.29. The lowest BCUT2D eigenvalue weighted by Crippen LogP contribution is -2.49. The number of likely N-dealkylation sites (tertiary alicyclic amines) is 1. The number of methoxy groups -OCH3 is 1. The Bertz CT molecular complexity index is 179. The molecule has 1 fully saturated rings. The van der Waals surface area contributed by atoms with E-state index < -0.39 is 0 Å². The van der Waals surface area contributed by atoms with Crippen molar-refractivity contribution in [3.05, 3.63) is 0 Å². The number of piperidine rings is 1. The first-order valence-electron chi connectivity index (χ1n) is 6.31. The van der Waals surface area contributed by atoms with Crippen molar-refractivity contribution < 1.29 is 4.74 Å². The van der Waals surface area contributed by atoms with E-state index >= 15 is 0 Å². The normalized spacial score (nSPS) is 29.0. The Labute approximate surface area is 95.0 Å². The molecule has 1 saturated heterocycles. The minimum atomic E-state index is 0.644. The molecule has 0 bridgehead atoms. The van der Waals surface area contributed by atoms with Crippen molar-refractivity contribution >= 4 is 0 Å². The van der Waals surface area contributed by atoms with Crippen molar-refractivity contribution in [3.63, 3.8) is 0 Å². The maximum atomic E-state index is 5.32. The van der Waals surface area contributed by atoms with Crippen molar-refractivity contribution in [3.8, 4) is 0 Å². The lowest BCUT2D eigenvalue weighted by molar-refractivity contribution is 0.0150. The molecule has 1 unspecified atom stereocenters. The van der Waals surface area contributed by atoms with Gasteiger partial charge in [0.2, 0.25) is 0 Å². The van der Waals surface area contributed by atoms with Crippen LogP contribution < -0.4 is 0 Å². The third-order valence-electron chi connectivity index (χ3n) is 3.75. The number of rotatable bonds is 4. The summed E-state index contributed by atoms with van der Waals surface area (Å²) in [5, 5.41) is 0. The largest absolute Gasteiger partial charge is 0.383 e. The summed E-state index contributed by atoms with van der Waals surface area (Å²) in [6.07, 6.45) is 2.67. The molecule has 0 amide bonds. The van der Waals surface area contributed by atoms with Crippen LogP contribution in [0.1, 0.15) is 40.5 Å². The van der Waals surface area contributed by atoms with E-state index in [-0.39, 0.29) is 0 Å². The van der Waals surface area contributed by atoms with Crippen LogP contribution in [-0.2, 0) is 4.74 Å². The van der Waals surface area contributed by atoms with Crippen LogP contribution in [0.25, 0.3) is 0 Å². The van der Waals surface area contributed by atoms with Gasteiger partial charge in [0.15, 0.2) is 0 Å². The summed E-state index contributed by atoms with van der Waals surface area (Å²) in [5.41, 5.74) is 0. The number of hydrogen-bond donors (Lipinski definition) is 0. The first-order valence-corrected chi connectivity index (χ1v) is 6.31. The molecular weight excluding hydrogens is 186 g/mol. The molecule has 0 N–H and O–H groups in total. The minimum Gasteiger partial charge on any atom is -0.383 e. The van der Waals surface area contributed by atoms with E-state index in [0.29, 0.717) is 12.1 Å². The van der Waals surface area contributed by atoms with Gasteiger partial charge in [0.25, 0.3) is 0 Å². The molecule has 2 heteroatoms. The van der Waals surface area contributed by atoms with Gasteiger partial charge < -0.3 is 4.74 Å².